The fourth-order valence-corrected chi connectivity index (χ4v) is 4.63. The number of piperidine rings is 1. The Morgan fingerprint density at radius 2 is 2.16 bits per heavy atom. The summed E-state index contributed by atoms with van der Waals surface area (Å²) in [6, 6.07) is 7.14. The monoisotopic (exact) mass is 343 g/mol. The Labute approximate surface area is 150 Å². The fourth-order valence-electron chi connectivity index (χ4n) is 4.63. The Hall–Kier alpha value is -1.59. The first-order valence-electron chi connectivity index (χ1n) is 9.49. The van der Waals surface area contributed by atoms with Crippen molar-refractivity contribution in [2.45, 2.75) is 44.9 Å². The fraction of sp³-hybridized carbons (Fsp3) is 0.650. The van der Waals surface area contributed by atoms with Gasteiger partial charge in [-0.2, -0.15) is 0 Å². The lowest BCUT2D eigenvalue weighted by Gasteiger charge is -2.45. The van der Waals surface area contributed by atoms with Crippen LogP contribution in [0.3, 0.4) is 0 Å². The number of hydrogen-bond acceptors (Lipinski definition) is 3. The van der Waals surface area contributed by atoms with Gasteiger partial charge in [0.1, 0.15) is 0 Å². The number of amides is 2. The maximum Gasteiger partial charge on any atom is 0.317 e. The first-order valence-corrected chi connectivity index (χ1v) is 9.49. The number of likely N-dealkylation sites (tertiary alicyclic amines) is 1. The van der Waals surface area contributed by atoms with Gasteiger partial charge in [0.15, 0.2) is 0 Å². The zero-order valence-corrected chi connectivity index (χ0v) is 15.5. The van der Waals surface area contributed by atoms with E-state index in [4.69, 9.17) is 4.74 Å². The van der Waals surface area contributed by atoms with E-state index >= 15 is 0 Å². The average molecular weight is 343 g/mol. The van der Waals surface area contributed by atoms with Crippen molar-refractivity contribution in [2.24, 2.45) is 5.92 Å². The summed E-state index contributed by atoms with van der Waals surface area (Å²) in [6.07, 6.45) is 2.25. The predicted molar refractivity (Wildman–Crippen MR) is 97.7 cm³/mol. The summed E-state index contributed by atoms with van der Waals surface area (Å²) in [7, 11) is 2.14. The third kappa shape index (κ3) is 3.15. The summed E-state index contributed by atoms with van der Waals surface area (Å²) in [5.41, 5.74) is 3.94. The molecule has 4 unspecified atom stereocenters. The minimum absolute atomic E-state index is 0.0728. The molecule has 5 nitrogen and oxygen atoms in total. The molecule has 0 saturated carbocycles. The lowest BCUT2D eigenvalue weighted by Crippen LogP contribution is -2.61. The Balaban J connectivity index is 1.45. The van der Waals surface area contributed by atoms with Gasteiger partial charge in [-0.1, -0.05) is 30.7 Å². The van der Waals surface area contributed by atoms with Gasteiger partial charge in [0.25, 0.3) is 0 Å². The highest BCUT2D eigenvalue weighted by atomic mass is 16.5. The lowest BCUT2D eigenvalue weighted by molar-refractivity contribution is -0.0882. The molecule has 0 spiro atoms. The van der Waals surface area contributed by atoms with Crippen molar-refractivity contribution in [3.63, 3.8) is 0 Å². The highest BCUT2D eigenvalue weighted by Crippen LogP contribution is 2.36. The van der Waals surface area contributed by atoms with Crippen molar-refractivity contribution >= 4 is 6.03 Å². The van der Waals surface area contributed by atoms with Gasteiger partial charge in [0.2, 0.25) is 0 Å². The zero-order valence-electron chi connectivity index (χ0n) is 15.5. The van der Waals surface area contributed by atoms with Crippen molar-refractivity contribution < 1.29 is 9.53 Å². The van der Waals surface area contributed by atoms with Crippen molar-refractivity contribution in [1.82, 2.24) is 15.1 Å². The van der Waals surface area contributed by atoms with E-state index in [0.29, 0.717) is 12.0 Å². The topological polar surface area (TPSA) is 44.8 Å². The van der Waals surface area contributed by atoms with Gasteiger partial charge in [-0.25, -0.2) is 4.79 Å². The zero-order chi connectivity index (χ0) is 17.6. The molecular formula is C20H29N3O2. The quantitative estimate of drug-likeness (QED) is 0.851. The SMILES string of the molecule is Cc1ccc2c(c1)C(NC(=O)N1CCC3OCCN(C)C3C1)C(C)C2. The molecule has 1 aromatic carbocycles. The van der Waals surface area contributed by atoms with Crippen LogP contribution in [0.5, 0.6) is 0 Å². The van der Waals surface area contributed by atoms with E-state index in [2.05, 4.69) is 49.3 Å². The molecule has 4 atom stereocenters. The van der Waals surface area contributed by atoms with Gasteiger partial charge >= 0.3 is 6.03 Å². The summed E-state index contributed by atoms with van der Waals surface area (Å²) in [6.45, 7) is 7.64. The third-order valence-electron chi connectivity index (χ3n) is 6.18. The molecule has 1 aromatic rings. The van der Waals surface area contributed by atoms with Crippen LogP contribution in [0, 0.1) is 12.8 Å². The van der Waals surface area contributed by atoms with Crippen LogP contribution in [-0.4, -0.2) is 61.3 Å². The molecule has 5 heteroatoms. The summed E-state index contributed by atoms with van der Waals surface area (Å²) in [5, 5.41) is 3.32. The van der Waals surface area contributed by atoms with Crippen molar-refractivity contribution in [3.8, 4) is 0 Å². The number of nitrogens with zero attached hydrogens (tertiary/aromatic N) is 2. The molecule has 2 saturated heterocycles. The van der Waals surface area contributed by atoms with Crippen LogP contribution in [-0.2, 0) is 11.2 Å². The van der Waals surface area contributed by atoms with Crippen LogP contribution < -0.4 is 5.32 Å². The molecule has 1 aliphatic carbocycles. The Bertz CT molecular complexity index is 662. The molecule has 0 bridgehead atoms. The average Bonchev–Trinajstić information content (AvgIpc) is 2.90. The molecule has 2 amide bonds. The smallest absolute Gasteiger partial charge is 0.317 e. The van der Waals surface area contributed by atoms with Gasteiger partial charge < -0.3 is 15.0 Å². The van der Waals surface area contributed by atoms with Crippen molar-refractivity contribution in [1.29, 1.82) is 0 Å². The number of urea groups is 1. The van der Waals surface area contributed by atoms with Crippen LogP contribution in [0.4, 0.5) is 4.79 Å². The number of morpholine rings is 1. The van der Waals surface area contributed by atoms with E-state index < -0.39 is 0 Å². The molecule has 0 radical (unpaired) electrons. The van der Waals surface area contributed by atoms with E-state index in [1.807, 2.05) is 4.90 Å². The van der Waals surface area contributed by atoms with Crippen LogP contribution in [0.2, 0.25) is 0 Å². The molecule has 2 heterocycles. The maximum absolute atomic E-state index is 12.9. The van der Waals surface area contributed by atoms with Gasteiger partial charge in [-0.05, 0) is 43.9 Å². The normalized spacial score (nSPS) is 32.2. The van der Waals surface area contributed by atoms with Crippen LogP contribution in [0.25, 0.3) is 0 Å². The Morgan fingerprint density at radius 3 is 3.00 bits per heavy atom. The molecule has 2 fully saturated rings. The first kappa shape index (κ1) is 16.9. The molecular weight excluding hydrogens is 314 g/mol. The van der Waals surface area contributed by atoms with E-state index in [1.165, 1.54) is 16.7 Å². The van der Waals surface area contributed by atoms with E-state index in [0.717, 1.165) is 39.1 Å². The maximum atomic E-state index is 12.9. The summed E-state index contributed by atoms with van der Waals surface area (Å²) >= 11 is 0. The van der Waals surface area contributed by atoms with Gasteiger partial charge in [-0.3, -0.25) is 4.90 Å². The van der Waals surface area contributed by atoms with E-state index in [9.17, 15) is 4.79 Å². The Morgan fingerprint density at radius 1 is 1.32 bits per heavy atom. The van der Waals surface area contributed by atoms with E-state index in [1.54, 1.807) is 0 Å². The number of aryl methyl sites for hydroxylation is 1. The summed E-state index contributed by atoms with van der Waals surface area (Å²) < 4.78 is 5.89. The second kappa shape index (κ2) is 6.61. The molecule has 2 aliphatic heterocycles. The largest absolute Gasteiger partial charge is 0.375 e. The molecule has 0 aromatic heterocycles. The highest BCUT2D eigenvalue weighted by molar-refractivity contribution is 5.75. The number of carbonyl (C=O) groups is 1. The van der Waals surface area contributed by atoms with Gasteiger partial charge in [0.05, 0.1) is 24.8 Å². The second-order valence-electron chi connectivity index (χ2n) is 8.00. The van der Waals surface area contributed by atoms with Crippen LogP contribution in [0.15, 0.2) is 18.2 Å². The first-order chi connectivity index (χ1) is 12.0. The van der Waals surface area contributed by atoms with Crippen LogP contribution >= 0.6 is 0 Å². The van der Waals surface area contributed by atoms with Gasteiger partial charge in [-0.15, -0.1) is 0 Å². The predicted octanol–water partition coefficient (Wildman–Crippen LogP) is 2.34. The number of nitrogens with one attached hydrogen (secondary N) is 1. The number of benzene rings is 1. The Kier molecular flexibility index (Phi) is 4.46. The number of ether oxygens (including phenoxy) is 1. The summed E-state index contributed by atoms with van der Waals surface area (Å²) in [5.74, 6) is 0.443. The standard InChI is InChI=1S/C20H29N3O2/c1-13-4-5-15-11-14(2)19(16(15)10-13)21-20(24)23-7-6-18-17(12-23)22(3)8-9-25-18/h4-5,10,14,17-19H,6-9,11-12H2,1-3H3,(H,21,24). The number of carbonyl (C=O) groups excluding carboxylic acids is 1. The number of fused-ring (bicyclic) bond motifs is 2. The molecule has 1 N–H and O–H groups in total. The second-order valence-corrected chi connectivity index (χ2v) is 8.00. The lowest BCUT2D eigenvalue weighted by atomic mass is 9.99. The molecule has 4 rings (SSSR count). The number of hydrogen-bond donors (Lipinski definition) is 1. The summed E-state index contributed by atoms with van der Waals surface area (Å²) in [4.78, 5) is 17.2. The third-order valence-corrected chi connectivity index (χ3v) is 6.18. The minimum atomic E-state index is 0.0728. The molecule has 25 heavy (non-hydrogen) atoms. The van der Waals surface area contributed by atoms with Crippen LogP contribution in [0.1, 0.15) is 36.1 Å². The van der Waals surface area contributed by atoms with Crippen molar-refractivity contribution in [3.05, 3.63) is 34.9 Å². The molecule has 3 aliphatic rings. The molecule has 136 valence electrons. The van der Waals surface area contributed by atoms with Crippen molar-refractivity contribution in [2.75, 3.05) is 33.3 Å². The highest BCUT2D eigenvalue weighted by Gasteiger charge is 2.38. The number of likely N-dealkylation sites (N-methyl/N-ethyl adjacent to an activating group) is 1. The minimum Gasteiger partial charge on any atom is -0.375 e. The van der Waals surface area contributed by atoms with E-state index in [-0.39, 0.29) is 18.2 Å². The van der Waals surface area contributed by atoms with Gasteiger partial charge in [0, 0.05) is 19.6 Å². The number of rotatable bonds is 1.